The lowest BCUT2D eigenvalue weighted by Gasteiger charge is -2.37. The topological polar surface area (TPSA) is 259 Å². The highest BCUT2D eigenvalue weighted by Crippen LogP contribution is 2.47. The van der Waals surface area contributed by atoms with Gasteiger partial charge in [-0.3, -0.25) is 33.9 Å². The fraction of sp³-hybridized carbons (Fsp3) is 0.527. The van der Waals surface area contributed by atoms with Crippen LogP contribution in [0.2, 0.25) is 0 Å². The maximum atomic E-state index is 14.9. The minimum atomic E-state index is -1.09. The molecule has 6 fully saturated rings. The van der Waals surface area contributed by atoms with E-state index in [0.717, 1.165) is 97.2 Å². The summed E-state index contributed by atoms with van der Waals surface area (Å²) in [7, 11) is 1.48. The Kier molecular flexibility index (Phi) is 21.6. The number of aliphatic hydroxyl groups is 2. The summed E-state index contributed by atoms with van der Waals surface area (Å²) in [5, 5.41) is 30.8. The summed E-state index contributed by atoms with van der Waals surface area (Å²) in [5.41, 5.74) is 3.70. The van der Waals surface area contributed by atoms with E-state index in [4.69, 9.17) is 14.2 Å². The highest BCUT2D eigenvalue weighted by Gasteiger charge is 2.60. The van der Waals surface area contributed by atoms with E-state index in [1.54, 1.807) is 66.9 Å². The number of fused-ring (bicyclic) bond motifs is 4. The van der Waals surface area contributed by atoms with Crippen molar-refractivity contribution in [1.29, 1.82) is 0 Å². The lowest BCUT2D eigenvalue weighted by Crippen LogP contribution is -2.58. The average Bonchev–Trinajstić information content (AvgIpc) is 1.58. The Bertz CT molecular complexity index is 3780. The molecule has 2 aliphatic carbocycles. The van der Waals surface area contributed by atoms with Crippen LogP contribution in [-0.4, -0.2) is 180 Å². The molecule has 4 saturated heterocycles. The lowest BCUT2D eigenvalue weighted by atomic mass is 9.82. The molecule has 2 saturated carbocycles. The number of carbonyl (C=O) groups excluding carboxylic acids is 7. The van der Waals surface area contributed by atoms with Crippen LogP contribution >= 0.6 is 0 Å². The summed E-state index contributed by atoms with van der Waals surface area (Å²) >= 11 is 0. The van der Waals surface area contributed by atoms with Gasteiger partial charge in [-0.15, -0.1) is 0 Å². The molecule has 0 spiro atoms. The highest BCUT2D eigenvalue weighted by atomic mass is 19.1. The number of hydrogen-bond donors (Lipinski definition) is 6. The first-order chi connectivity index (χ1) is 46.5. The Morgan fingerprint density at radius 2 is 0.990 bits per heavy atom. The lowest BCUT2D eigenvalue weighted by molar-refractivity contribution is -0.140. The van der Waals surface area contributed by atoms with Gasteiger partial charge in [-0.05, 0) is 130 Å². The monoisotopic (exact) mass is 1340 g/mol. The van der Waals surface area contributed by atoms with Gasteiger partial charge >= 0.3 is 18.3 Å². The first-order valence-electron chi connectivity index (χ1n) is 34.5. The molecule has 4 aromatic carbocycles. The largest absolute Gasteiger partial charge is 0.445 e. The van der Waals surface area contributed by atoms with Gasteiger partial charge < -0.3 is 54.8 Å². The number of nitrogens with zero attached hydrogens (tertiary/aromatic N) is 5. The number of amides is 7. The number of halogens is 2. The fourth-order valence-corrected chi connectivity index (χ4v) is 15.6. The molecule has 12 atom stereocenters. The predicted octanol–water partition coefficient (Wildman–Crippen LogP) is 10.4. The molecule has 2 aromatic heterocycles. The molecular weight excluding hydrogens is 1240 g/mol. The number of likely N-dealkylation sites (N-methyl/N-ethyl adjacent to an activating group) is 1. The number of aromatic nitrogens is 2. The molecule has 520 valence electrons. The number of likely N-dealkylation sites (tertiary alicyclic amines) is 4. The molecule has 6 N–H and O–H groups in total. The number of H-pyrrole nitrogens is 2. The van der Waals surface area contributed by atoms with E-state index in [1.807, 2.05) is 74.5 Å². The van der Waals surface area contributed by atoms with Gasteiger partial charge in [0.25, 0.3) is 0 Å². The van der Waals surface area contributed by atoms with Gasteiger partial charge in [-0.2, -0.15) is 0 Å². The van der Waals surface area contributed by atoms with Gasteiger partial charge in [0.2, 0.25) is 23.6 Å². The summed E-state index contributed by atoms with van der Waals surface area (Å²) < 4.78 is 45.2. The second-order valence-electron chi connectivity index (χ2n) is 28.4. The van der Waals surface area contributed by atoms with E-state index in [1.165, 1.54) is 41.1 Å². The molecular formula is C74H93F2N9O12. The van der Waals surface area contributed by atoms with Gasteiger partial charge in [-0.25, -0.2) is 23.2 Å². The van der Waals surface area contributed by atoms with Gasteiger partial charge in [0, 0.05) is 85.2 Å². The minimum absolute atomic E-state index is 0.00157. The number of nitrogens with one attached hydrogen (secondary N) is 4. The van der Waals surface area contributed by atoms with Crippen molar-refractivity contribution in [2.75, 3.05) is 33.2 Å². The second-order valence-corrected chi connectivity index (χ2v) is 28.4. The number of aromatic amines is 2. The van der Waals surface area contributed by atoms with Crippen molar-refractivity contribution in [2.24, 2.45) is 17.8 Å². The third kappa shape index (κ3) is 15.3. The predicted molar refractivity (Wildman–Crippen MR) is 359 cm³/mol. The molecule has 6 aromatic rings. The quantitative estimate of drug-likeness (QED) is 0.0495. The van der Waals surface area contributed by atoms with Crippen molar-refractivity contribution >= 4 is 63.7 Å². The number of rotatable bonds is 16. The molecule has 12 rings (SSSR count). The van der Waals surface area contributed by atoms with Crippen LogP contribution in [0, 0.1) is 29.4 Å². The SMILES string of the molecule is CC[C@@H](C)C(=O)N[C@H](C(=O)N1C[C@@H](O)[C@@H]2[C@H]1[C@@H](c1c[nH]c3cc(F)ccc13)CN2C(=O)OCc1ccccc1)C1CCCCC1.C[C@@H](C(=O)N[C@H](C(=O)N1C[C@@H](O)[C@@H]2[C@H]1[C@@H](c1c[nH]c3cc(F)ccc13)CN2C(=O)OCc1ccccc1)C1CCCCC1)N(C)C(=O)OC(C)(C)C. The van der Waals surface area contributed by atoms with Crippen molar-refractivity contribution in [3.63, 3.8) is 0 Å². The normalized spacial score (nSPS) is 23.9. The van der Waals surface area contributed by atoms with Crippen LogP contribution in [0.5, 0.6) is 0 Å². The number of aliphatic hydroxyl groups excluding tert-OH is 2. The molecule has 21 nitrogen and oxygen atoms in total. The van der Waals surface area contributed by atoms with E-state index in [9.17, 15) is 52.6 Å². The molecule has 6 heterocycles. The Balaban J connectivity index is 0.000000199. The fourth-order valence-electron chi connectivity index (χ4n) is 15.6. The zero-order valence-corrected chi connectivity index (χ0v) is 56.5. The number of β-amino-alcohol motifs (C(OH)–C–C–N with tert-alkyl or cyclic N) is 2. The van der Waals surface area contributed by atoms with Crippen LogP contribution in [0.4, 0.5) is 23.2 Å². The Morgan fingerprint density at radius 1 is 0.577 bits per heavy atom. The smallest absolute Gasteiger partial charge is 0.410 e. The molecule has 23 heteroatoms. The summed E-state index contributed by atoms with van der Waals surface area (Å²) in [5.74, 6) is -3.23. The van der Waals surface area contributed by atoms with E-state index < -0.39 is 96.0 Å². The van der Waals surface area contributed by atoms with Gasteiger partial charge in [0.15, 0.2) is 0 Å². The van der Waals surface area contributed by atoms with E-state index >= 15 is 0 Å². The van der Waals surface area contributed by atoms with Crippen LogP contribution in [0.3, 0.4) is 0 Å². The summed E-state index contributed by atoms with van der Waals surface area (Å²) in [6.07, 6.45) is 9.38. The van der Waals surface area contributed by atoms with Crippen molar-refractivity contribution in [1.82, 2.24) is 45.1 Å². The molecule has 0 radical (unpaired) electrons. The van der Waals surface area contributed by atoms with E-state index in [2.05, 4.69) is 20.6 Å². The zero-order chi connectivity index (χ0) is 69.0. The Labute approximate surface area is 564 Å². The molecule has 0 bridgehead atoms. The summed E-state index contributed by atoms with van der Waals surface area (Å²) in [6.45, 7) is 11.1. The third-order valence-electron chi connectivity index (χ3n) is 21.0. The zero-order valence-electron chi connectivity index (χ0n) is 56.5. The maximum Gasteiger partial charge on any atom is 0.410 e. The van der Waals surface area contributed by atoms with Crippen molar-refractivity contribution in [2.45, 2.75) is 197 Å². The average molecular weight is 1340 g/mol. The minimum Gasteiger partial charge on any atom is -0.445 e. The van der Waals surface area contributed by atoms with E-state index in [0.29, 0.717) is 17.5 Å². The van der Waals surface area contributed by atoms with E-state index in [-0.39, 0.29) is 86.6 Å². The van der Waals surface area contributed by atoms with Crippen molar-refractivity contribution in [3.8, 4) is 0 Å². The van der Waals surface area contributed by atoms with Crippen LogP contribution < -0.4 is 10.6 Å². The molecule has 97 heavy (non-hydrogen) atoms. The Morgan fingerprint density at radius 3 is 1.39 bits per heavy atom. The number of carbonyl (C=O) groups is 7. The number of hydrogen-bond acceptors (Lipinski definition) is 12. The van der Waals surface area contributed by atoms with Gasteiger partial charge in [-0.1, -0.05) is 113 Å². The molecule has 6 aliphatic rings. The number of benzene rings is 4. The van der Waals surface area contributed by atoms with Crippen molar-refractivity contribution < 1.29 is 66.8 Å². The standard InChI is InChI=1S/C39H50FN5O7.C35H43FN4O5/c1-23(43(5)37(49)52-39(2,3)4)35(47)42-32(25-14-10-7-11-15-25)36(48)44-21-31(46)34-33(44)29(28-19-41-30-18-26(40)16-17-27(28)30)20-45(34)38(50)51-22-24-12-8-6-9-13-24;1-3-21(2)33(42)38-30(23-12-8-5-9-13-23)34(43)39-19-29(41)32-31(39)27(26-17-37-28-16-24(36)14-15-25(26)28)18-40(32)35(44)45-20-22-10-6-4-7-11-22/h6,8-9,12-13,16-19,23,25,29,31-34,41,46H,7,10-11,14-15,20-22H2,1-5H3,(H,42,47);4,6-7,10-11,14-17,21,23,27,29-32,37,41H,3,5,8-9,12-13,18-20H2,1-2H3,(H,38,42)/t23-,29+,31+,32-,33+,34+;21-,27-,29-,30+,31-,32-/m01/s1. The van der Waals surface area contributed by atoms with Crippen LogP contribution in [-0.2, 0) is 46.6 Å². The van der Waals surface area contributed by atoms with Gasteiger partial charge in [0.1, 0.15) is 48.6 Å². The Hall–Kier alpha value is -8.57. The maximum absolute atomic E-state index is 14.9. The summed E-state index contributed by atoms with van der Waals surface area (Å²) in [4.78, 5) is 111. The highest BCUT2D eigenvalue weighted by molar-refractivity contribution is 5.93. The molecule has 7 amide bonds. The molecule has 0 unspecified atom stereocenters. The van der Waals surface area contributed by atoms with Gasteiger partial charge in [0.05, 0.1) is 36.4 Å². The third-order valence-corrected chi connectivity index (χ3v) is 21.0. The second kappa shape index (κ2) is 30.0. The van der Waals surface area contributed by atoms with Crippen LogP contribution in [0.15, 0.2) is 109 Å². The first kappa shape index (κ1) is 69.8. The van der Waals surface area contributed by atoms with Crippen molar-refractivity contribution in [3.05, 3.63) is 143 Å². The van der Waals surface area contributed by atoms with Crippen LogP contribution in [0.1, 0.15) is 146 Å². The van der Waals surface area contributed by atoms with Crippen LogP contribution in [0.25, 0.3) is 21.8 Å². The summed E-state index contributed by atoms with van der Waals surface area (Å²) in [6, 6.07) is 22.3. The first-order valence-corrected chi connectivity index (χ1v) is 34.5. The molecule has 4 aliphatic heterocycles. The number of ether oxygens (including phenoxy) is 3.